The number of amides is 1. The maximum Gasteiger partial charge on any atom is 0.416 e. The normalized spacial score (nSPS) is 14.0. The molecule has 0 radical (unpaired) electrons. The van der Waals surface area contributed by atoms with Crippen molar-refractivity contribution in [3.8, 4) is 5.75 Å². The smallest absolute Gasteiger partial charge is 0.416 e. The van der Waals surface area contributed by atoms with Gasteiger partial charge in [0.25, 0.3) is 5.91 Å². The SMILES string of the molecule is CCNc1ccc(C(=O)NN2NC=C(Cc3cccc(C(F)(F)F)c3)S2)cc1OCCO. The number of carbonyl (C=O) groups is 1. The Hall–Kier alpha value is -2.89. The molecule has 0 aromatic heterocycles. The minimum atomic E-state index is -4.40. The number of allylic oxidation sites excluding steroid dienone is 1. The van der Waals surface area contributed by atoms with E-state index < -0.39 is 17.6 Å². The number of hydrazine groups is 2. The first-order valence-electron chi connectivity index (χ1n) is 9.82. The molecule has 1 aliphatic rings. The molecule has 3 rings (SSSR count). The molecule has 2 aromatic carbocycles. The summed E-state index contributed by atoms with van der Waals surface area (Å²) in [5.74, 6) is 0.0366. The Labute approximate surface area is 187 Å². The molecular weight excluding hydrogens is 445 g/mol. The fourth-order valence-electron chi connectivity index (χ4n) is 2.93. The van der Waals surface area contributed by atoms with Crippen LogP contribution in [-0.4, -0.2) is 35.3 Å². The summed E-state index contributed by atoms with van der Waals surface area (Å²) >= 11 is 1.16. The Bertz CT molecular complexity index is 985. The quantitative estimate of drug-likeness (QED) is 0.418. The molecule has 172 valence electrons. The van der Waals surface area contributed by atoms with Gasteiger partial charge in [0.2, 0.25) is 0 Å². The van der Waals surface area contributed by atoms with Gasteiger partial charge in [0.15, 0.2) is 0 Å². The zero-order chi connectivity index (χ0) is 23.1. The van der Waals surface area contributed by atoms with Gasteiger partial charge in [0, 0.05) is 29.6 Å². The lowest BCUT2D eigenvalue weighted by atomic mass is 10.1. The van der Waals surface area contributed by atoms with Crippen LogP contribution in [0.1, 0.15) is 28.4 Å². The molecule has 0 aliphatic carbocycles. The number of nitrogens with zero attached hydrogens (tertiary/aromatic N) is 1. The average Bonchev–Trinajstić information content (AvgIpc) is 3.19. The third-order valence-electron chi connectivity index (χ3n) is 4.35. The summed E-state index contributed by atoms with van der Waals surface area (Å²) in [4.78, 5) is 13.4. The molecule has 0 saturated carbocycles. The standard InChI is InChI=1S/C21H23F3N4O3S/c1-2-25-18-7-6-15(12-19(18)31-9-8-29)20(30)27-28-26-13-17(32-28)11-14-4-3-5-16(10-14)21(22,23)24/h3-7,10,12-13,25-26,29H,2,8-9,11H2,1H3,(H,27,30). The Balaban J connectivity index is 1.59. The van der Waals surface area contributed by atoms with Crippen LogP contribution in [0.4, 0.5) is 18.9 Å². The molecule has 1 heterocycles. The fraction of sp³-hybridized carbons (Fsp3) is 0.286. The zero-order valence-electron chi connectivity index (χ0n) is 17.2. The number of rotatable bonds is 9. The van der Waals surface area contributed by atoms with Crippen LogP contribution >= 0.6 is 11.9 Å². The molecule has 0 unspecified atom stereocenters. The van der Waals surface area contributed by atoms with Crippen LogP contribution in [0, 0.1) is 0 Å². The van der Waals surface area contributed by atoms with Crippen LogP contribution in [-0.2, 0) is 12.6 Å². The fourth-order valence-corrected chi connectivity index (χ4v) is 3.73. The highest BCUT2D eigenvalue weighted by Gasteiger charge is 2.30. The predicted molar refractivity (Wildman–Crippen MR) is 116 cm³/mol. The molecule has 4 N–H and O–H groups in total. The zero-order valence-corrected chi connectivity index (χ0v) is 18.0. The minimum absolute atomic E-state index is 0.0931. The van der Waals surface area contributed by atoms with Gasteiger partial charge >= 0.3 is 6.18 Å². The number of benzene rings is 2. The third-order valence-corrected chi connectivity index (χ3v) is 5.22. The topological polar surface area (TPSA) is 85.9 Å². The molecule has 0 saturated heterocycles. The van der Waals surface area contributed by atoms with E-state index in [4.69, 9.17) is 9.84 Å². The second kappa shape index (κ2) is 10.6. The maximum atomic E-state index is 12.9. The number of aliphatic hydroxyl groups is 1. The van der Waals surface area contributed by atoms with Crippen molar-refractivity contribution in [2.75, 3.05) is 25.1 Å². The van der Waals surface area contributed by atoms with Gasteiger partial charge < -0.3 is 15.2 Å². The van der Waals surface area contributed by atoms with Crippen LogP contribution in [0.5, 0.6) is 5.75 Å². The first-order chi connectivity index (χ1) is 15.3. The van der Waals surface area contributed by atoms with Gasteiger partial charge in [0.05, 0.1) is 17.9 Å². The largest absolute Gasteiger partial charge is 0.489 e. The summed E-state index contributed by atoms with van der Waals surface area (Å²) in [6.07, 6.45) is -2.49. The number of carbonyl (C=O) groups excluding carboxylic acids is 1. The van der Waals surface area contributed by atoms with E-state index in [-0.39, 0.29) is 19.6 Å². The highest BCUT2D eigenvalue weighted by atomic mass is 32.2. The molecule has 32 heavy (non-hydrogen) atoms. The summed E-state index contributed by atoms with van der Waals surface area (Å²) in [7, 11) is 0. The van der Waals surface area contributed by atoms with Crippen molar-refractivity contribution >= 4 is 23.5 Å². The highest BCUT2D eigenvalue weighted by molar-refractivity contribution is 8.01. The molecule has 0 fully saturated rings. The van der Waals surface area contributed by atoms with E-state index in [1.807, 2.05) is 6.92 Å². The highest BCUT2D eigenvalue weighted by Crippen LogP contribution is 2.32. The van der Waals surface area contributed by atoms with Gasteiger partial charge in [-0.3, -0.25) is 15.6 Å². The number of nitrogens with one attached hydrogen (secondary N) is 3. The van der Waals surface area contributed by atoms with Crippen molar-refractivity contribution in [2.24, 2.45) is 0 Å². The average molecular weight is 469 g/mol. The van der Waals surface area contributed by atoms with Crippen LogP contribution in [0.15, 0.2) is 53.6 Å². The van der Waals surface area contributed by atoms with Crippen LogP contribution in [0.2, 0.25) is 0 Å². The minimum Gasteiger partial charge on any atom is -0.489 e. The number of halogens is 3. The van der Waals surface area contributed by atoms with Crippen molar-refractivity contribution in [2.45, 2.75) is 19.5 Å². The van der Waals surface area contributed by atoms with Crippen molar-refractivity contribution in [3.63, 3.8) is 0 Å². The van der Waals surface area contributed by atoms with E-state index in [9.17, 15) is 18.0 Å². The van der Waals surface area contributed by atoms with E-state index >= 15 is 0 Å². The summed E-state index contributed by atoms with van der Waals surface area (Å²) in [6, 6.07) is 10.1. The number of hydrogen-bond donors (Lipinski definition) is 4. The Kier molecular flexibility index (Phi) is 7.89. The molecule has 11 heteroatoms. The van der Waals surface area contributed by atoms with Crippen molar-refractivity contribution < 1.29 is 27.8 Å². The van der Waals surface area contributed by atoms with E-state index in [0.717, 1.165) is 29.0 Å². The van der Waals surface area contributed by atoms with E-state index in [1.54, 1.807) is 30.5 Å². The Morgan fingerprint density at radius 1 is 1.25 bits per heavy atom. The summed E-state index contributed by atoms with van der Waals surface area (Å²) in [6.45, 7) is 2.53. The predicted octanol–water partition coefficient (Wildman–Crippen LogP) is 3.71. The number of anilines is 1. The van der Waals surface area contributed by atoms with Crippen LogP contribution in [0.3, 0.4) is 0 Å². The Morgan fingerprint density at radius 3 is 2.78 bits per heavy atom. The molecule has 0 atom stereocenters. The van der Waals surface area contributed by atoms with Gasteiger partial charge in [0.1, 0.15) is 12.4 Å². The first-order valence-corrected chi connectivity index (χ1v) is 10.6. The lowest BCUT2D eigenvalue weighted by molar-refractivity contribution is -0.137. The number of ether oxygens (including phenoxy) is 1. The van der Waals surface area contributed by atoms with Gasteiger partial charge in [-0.15, -0.1) is 0 Å². The molecule has 0 bridgehead atoms. The lowest BCUT2D eigenvalue weighted by Crippen LogP contribution is -2.41. The van der Waals surface area contributed by atoms with E-state index in [2.05, 4.69) is 16.2 Å². The molecule has 1 aliphatic heterocycles. The van der Waals surface area contributed by atoms with Gasteiger partial charge in [-0.2, -0.15) is 13.2 Å². The molecule has 0 spiro atoms. The lowest BCUT2D eigenvalue weighted by Gasteiger charge is -2.17. The summed E-state index contributed by atoms with van der Waals surface area (Å²) in [5, 5.41) is 12.1. The summed E-state index contributed by atoms with van der Waals surface area (Å²) in [5.41, 5.74) is 6.39. The van der Waals surface area contributed by atoms with Gasteiger partial charge in [-0.1, -0.05) is 22.7 Å². The molecule has 2 aromatic rings. The number of hydrogen-bond acceptors (Lipinski definition) is 7. The number of alkyl halides is 3. The van der Waals surface area contributed by atoms with Gasteiger partial charge in [-0.25, -0.2) is 0 Å². The second-order valence-electron chi connectivity index (χ2n) is 6.75. The van der Waals surface area contributed by atoms with Crippen LogP contribution < -0.4 is 20.9 Å². The third kappa shape index (κ3) is 6.31. The van der Waals surface area contributed by atoms with Crippen molar-refractivity contribution in [3.05, 3.63) is 70.3 Å². The van der Waals surface area contributed by atoms with Crippen molar-refractivity contribution in [1.29, 1.82) is 0 Å². The summed E-state index contributed by atoms with van der Waals surface area (Å²) < 4.78 is 45.6. The van der Waals surface area contributed by atoms with Crippen LogP contribution in [0.25, 0.3) is 0 Å². The number of aliphatic hydroxyl groups excluding tert-OH is 1. The molecule has 7 nitrogen and oxygen atoms in total. The van der Waals surface area contributed by atoms with Crippen molar-refractivity contribution in [1.82, 2.24) is 15.4 Å². The molecule has 1 amide bonds. The van der Waals surface area contributed by atoms with E-state index in [0.29, 0.717) is 29.1 Å². The van der Waals surface area contributed by atoms with Gasteiger partial charge in [-0.05, 0) is 48.7 Å². The van der Waals surface area contributed by atoms with E-state index in [1.165, 1.54) is 10.6 Å². The molecular formula is C21H23F3N4O3S. The first kappa shape index (κ1) is 23.8. The Morgan fingerprint density at radius 2 is 2.06 bits per heavy atom. The monoisotopic (exact) mass is 468 g/mol. The second-order valence-corrected chi connectivity index (χ2v) is 7.83. The maximum absolute atomic E-state index is 12.9.